The first-order valence-electron chi connectivity index (χ1n) is 4.58. The van der Waals surface area contributed by atoms with Gasteiger partial charge in [0.25, 0.3) is 0 Å². The van der Waals surface area contributed by atoms with Crippen LogP contribution in [0.5, 0.6) is 0 Å². The number of nitrogens with one attached hydrogen (secondary N) is 1. The maximum atomic E-state index is 4.25. The highest BCUT2D eigenvalue weighted by Gasteiger charge is 2.02. The van der Waals surface area contributed by atoms with Crippen LogP contribution in [0.3, 0.4) is 0 Å². The Balaban J connectivity index is 2.74. The number of aromatic nitrogens is 1. The SMILES string of the molecule is CCN(C)Cc1cccnc1NC. The Morgan fingerprint density at radius 2 is 2.31 bits per heavy atom. The fourth-order valence-corrected chi connectivity index (χ4v) is 1.19. The minimum atomic E-state index is 0.945. The van der Waals surface area contributed by atoms with Gasteiger partial charge in [-0.2, -0.15) is 0 Å². The largest absolute Gasteiger partial charge is 0.373 e. The van der Waals surface area contributed by atoms with Crippen LogP contribution in [-0.4, -0.2) is 30.5 Å². The molecule has 72 valence electrons. The van der Waals surface area contributed by atoms with Gasteiger partial charge in [0.05, 0.1) is 0 Å². The van der Waals surface area contributed by atoms with E-state index in [1.807, 2.05) is 13.1 Å². The van der Waals surface area contributed by atoms with E-state index in [9.17, 15) is 0 Å². The van der Waals surface area contributed by atoms with Gasteiger partial charge in [-0.1, -0.05) is 13.0 Å². The minimum absolute atomic E-state index is 0.945. The van der Waals surface area contributed by atoms with Crippen molar-refractivity contribution in [3.63, 3.8) is 0 Å². The first kappa shape index (κ1) is 9.99. The molecule has 0 saturated carbocycles. The Labute approximate surface area is 79.8 Å². The van der Waals surface area contributed by atoms with Crippen molar-refractivity contribution in [2.24, 2.45) is 0 Å². The second kappa shape index (κ2) is 4.82. The Kier molecular flexibility index (Phi) is 3.71. The summed E-state index contributed by atoms with van der Waals surface area (Å²) in [5.74, 6) is 0.975. The summed E-state index contributed by atoms with van der Waals surface area (Å²) >= 11 is 0. The predicted molar refractivity (Wildman–Crippen MR) is 55.8 cm³/mol. The van der Waals surface area contributed by atoms with Crippen LogP contribution in [0, 0.1) is 0 Å². The third kappa shape index (κ3) is 2.70. The molecule has 0 aliphatic heterocycles. The highest BCUT2D eigenvalue weighted by Crippen LogP contribution is 2.11. The summed E-state index contributed by atoms with van der Waals surface area (Å²) in [6.45, 7) is 4.15. The van der Waals surface area contributed by atoms with Crippen molar-refractivity contribution in [3.05, 3.63) is 23.9 Å². The van der Waals surface area contributed by atoms with Gasteiger partial charge in [0, 0.05) is 25.4 Å². The molecule has 0 aliphatic rings. The maximum absolute atomic E-state index is 4.25. The van der Waals surface area contributed by atoms with Crippen LogP contribution in [-0.2, 0) is 6.54 Å². The number of hydrogen-bond acceptors (Lipinski definition) is 3. The smallest absolute Gasteiger partial charge is 0.130 e. The summed E-state index contributed by atoms with van der Waals surface area (Å²) in [4.78, 5) is 6.49. The van der Waals surface area contributed by atoms with E-state index >= 15 is 0 Å². The molecule has 0 radical (unpaired) electrons. The topological polar surface area (TPSA) is 28.2 Å². The Bertz CT molecular complexity index is 260. The number of pyridine rings is 1. The van der Waals surface area contributed by atoms with Crippen LogP contribution in [0.4, 0.5) is 5.82 Å². The third-order valence-electron chi connectivity index (χ3n) is 2.11. The molecule has 0 aromatic carbocycles. The number of anilines is 1. The van der Waals surface area contributed by atoms with Gasteiger partial charge in [0.1, 0.15) is 5.82 Å². The zero-order valence-corrected chi connectivity index (χ0v) is 8.54. The summed E-state index contributed by atoms with van der Waals surface area (Å²) < 4.78 is 0. The molecule has 3 heteroatoms. The van der Waals surface area contributed by atoms with Crippen molar-refractivity contribution in [1.82, 2.24) is 9.88 Å². The summed E-state index contributed by atoms with van der Waals surface area (Å²) in [7, 11) is 4.00. The fourth-order valence-electron chi connectivity index (χ4n) is 1.19. The van der Waals surface area contributed by atoms with Gasteiger partial charge in [-0.25, -0.2) is 4.98 Å². The van der Waals surface area contributed by atoms with Crippen molar-refractivity contribution in [2.45, 2.75) is 13.5 Å². The molecule has 0 unspecified atom stereocenters. The summed E-state index contributed by atoms with van der Waals surface area (Å²) in [5.41, 5.74) is 1.24. The zero-order valence-electron chi connectivity index (χ0n) is 8.54. The lowest BCUT2D eigenvalue weighted by Crippen LogP contribution is -2.17. The highest BCUT2D eigenvalue weighted by atomic mass is 15.1. The fraction of sp³-hybridized carbons (Fsp3) is 0.500. The van der Waals surface area contributed by atoms with Crippen molar-refractivity contribution >= 4 is 5.82 Å². The molecular formula is C10H17N3. The second-order valence-corrected chi connectivity index (χ2v) is 3.09. The predicted octanol–water partition coefficient (Wildman–Crippen LogP) is 1.57. The number of nitrogens with zero attached hydrogens (tertiary/aromatic N) is 2. The van der Waals surface area contributed by atoms with Crippen LogP contribution >= 0.6 is 0 Å². The van der Waals surface area contributed by atoms with E-state index < -0.39 is 0 Å². The van der Waals surface area contributed by atoms with Gasteiger partial charge < -0.3 is 10.2 Å². The van der Waals surface area contributed by atoms with Gasteiger partial charge in [0.2, 0.25) is 0 Å². The summed E-state index contributed by atoms with van der Waals surface area (Å²) in [6, 6.07) is 4.07. The lowest BCUT2D eigenvalue weighted by Gasteiger charge is -2.15. The van der Waals surface area contributed by atoms with Crippen LogP contribution in [0.15, 0.2) is 18.3 Å². The highest BCUT2D eigenvalue weighted by molar-refractivity contribution is 5.42. The first-order valence-corrected chi connectivity index (χ1v) is 4.58. The van der Waals surface area contributed by atoms with E-state index in [0.29, 0.717) is 0 Å². The first-order chi connectivity index (χ1) is 6.27. The van der Waals surface area contributed by atoms with Crippen molar-refractivity contribution in [3.8, 4) is 0 Å². The molecule has 0 bridgehead atoms. The number of rotatable bonds is 4. The molecule has 0 saturated heterocycles. The second-order valence-electron chi connectivity index (χ2n) is 3.09. The molecule has 0 spiro atoms. The van der Waals surface area contributed by atoms with Gasteiger partial charge in [-0.05, 0) is 19.7 Å². The van der Waals surface area contributed by atoms with Crippen LogP contribution in [0.2, 0.25) is 0 Å². The van der Waals surface area contributed by atoms with Crippen LogP contribution in [0.25, 0.3) is 0 Å². The number of hydrogen-bond donors (Lipinski definition) is 1. The molecule has 0 atom stereocenters. The lowest BCUT2D eigenvalue weighted by atomic mass is 10.2. The molecule has 1 heterocycles. The van der Waals surface area contributed by atoms with E-state index in [-0.39, 0.29) is 0 Å². The molecular weight excluding hydrogens is 162 g/mol. The van der Waals surface area contributed by atoms with Crippen LogP contribution in [0.1, 0.15) is 12.5 Å². The minimum Gasteiger partial charge on any atom is -0.373 e. The molecule has 1 N–H and O–H groups in total. The monoisotopic (exact) mass is 179 g/mol. The van der Waals surface area contributed by atoms with E-state index in [1.54, 1.807) is 6.20 Å². The molecule has 1 aromatic rings. The Morgan fingerprint density at radius 3 is 2.92 bits per heavy atom. The Hall–Kier alpha value is -1.09. The van der Waals surface area contributed by atoms with E-state index in [2.05, 4.69) is 35.2 Å². The Morgan fingerprint density at radius 1 is 1.54 bits per heavy atom. The molecule has 1 aromatic heterocycles. The summed E-state index contributed by atoms with van der Waals surface area (Å²) in [6.07, 6.45) is 1.81. The van der Waals surface area contributed by atoms with Gasteiger partial charge >= 0.3 is 0 Å². The van der Waals surface area contributed by atoms with Gasteiger partial charge in [-0.3, -0.25) is 0 Å². The lowest BCUT2D eigenvalue weighted by molar-refractivity contribution is 0.346. The zero-order chi connectivity index (χ0) is 9.68. The standard InChI is InChI=1S/C10H17N3/c1-4-13(3)8-9-6-5-7-12-10(9)11-2/h5-7H,4,8H2,1-3H3,(H,11,12). The molecule has 13 heavy (non-hydrogen) atoms. The molecule has 0 fully saturated rings. The maximum Gasteiger partial charge on any atom is 0.130 e. The average Bonchev–Trinajstić information content (AvgIpc) is 2.18. The van der Waals surface area contributed by atoms with Crippen molar-refractivity contribution in [1.29, 1.82) is 0 Å². The molecule has 3 nitrogen and oxygen atoms in total. The molecule has 1 rings (SSSR count). The average molecular weight is 179 g/mol. The van der Waals surface area contributed by atoms with E-state index in [4.69, 9.17) is 0 Å². The van der Waals surface area contributed by atoms with Crippen molar-refractivity contribution in [2.75, 3.05) is 26.0 Å². The van der Waals surface area contributed by atoms with E-state index in [1.165, 1.54) is 5.56 Å². The molecule has 0 aliphatic carbocycles. The molecule has 0 amide bonds. The van der Waals surface area contributed by atoms with Crippen molar-refractivity contribution < 1.29 is 0 Å². The van der Waals surface area contributed by atoms with Crippen LogP contribution < -0.4 is 5.32 Å². The van der Waals surface area contributed by atoms with Gasteiger partial charge in [0.15, 0.2) is 0 Å². The third-order valence-corrected chi connectivity index (χ3v) is 2.11. The summed E-state index contributed by atoms with van der Waals surface area (Å²) in [5, 5.41) is 3.09. The normalized spacial score (nSPS) is 10.5. The quantitative estimate of drug-likeness (QED) is 0.760. The van der Waals surface area contributed by atoms with E-state index in [0.717, 1.165) is 18.9 Å². The van der Waals surface area contributed by atoms with Gasteiger partial charge in [-0.15, -0.1) is 0 Å².